The van der Waals surface area contributed by atoms with Crippen LogP contribution in [0.4, 0.5) is 0 Å². The average Bonchev–Trinajstić information content (AvgIpc) is 2.76. The van der Waals surface area contributed by atoms with E-state index >= 15 is 0 Å². The van der Waals surface area contributed by atoms with Crippen LogP contribution >= 0.6 is 11.6 Å². The van der Waals surface area contributed by atoms with Crippen LogP contribution in [0.25, 0.3) is 0 Å². The van der Waals surface area contributed by atoms with Crippen LogP contribution in [0.5, 0.6) is 5.75 Å². The third-order valence-electron chi connectivity index (χ3n) is 6.39. The highest BCUT2D eigenvalue weighted by Gasteiger charge is 2.35. The van der Waals surface area contributed by atoms with Crippen molar-refractivity contribution in [1.82, 2.24) is 5.32 Å². The van der Waals surface area contributed by atoms with Crippen LogP contribution in [0.3, 0.4) is 0 Å². The van der Waals surface area contributed by atoms with Crippen LogP contribution in [-0.4, -0.2) is 36.5 Å². The van der Waals surface area contributed by atoms with Gasteiger partial charge in [0.25, 0.3) is 0 Å². The third-order valence-corrected chi connectivity index (χ3v) is 6.75. The van der Waals surface area contributed by atoms with Gasteiger partial charge in [-0.3, -0.25) is 4.84 Å². The molecule has 0 radical (unpaired) electrons. The largest absolute Gasteiger partial charge is 0.488 e. The summed E-state index contributed by atoms with van der Waals surface area (Å²) in [6.07, 6.45) is 10.9. The van der Waals surface area contributed by atoms with E-state index in [1.165, 1.54) is 0 Å². The zero-order chi connectivity index (χ0) is 21.8. The molecule has 0 aromatic heterocycles. The van der Waals surface area contributed by atoms with Gasteiger partial charge in [-0.05, 0) is 54.5 Å². The van der Waals surface area contributed by atoms with Crippen molar-refractivity contribution in [2.45, 2.75) is 49.9 Å². The van der Waals surface area contributed by atoms with Crippen molar-refractivity contribution in [2.24, 2.45) is 11.8 Å². The molecule has 3 aliphatic rings. The number of nitrogens with two attached hydrogens (primary N) is 1. The average molecular weight is 443 g/mol. The topological polar surface area (TPSA) is 76.7 Å². The minimum atomic E-state index is -0.410. The molecule has 2 aliphatic carbocycles. The zero-order valence-electron chi connectivity index (χ0n) is 17.7. The Morgan fingerprint density at radius 2 is 1.87 bits per heavy atom. The smallest absolute Gasteiger partial charge is 0.123 e. The highest BCUT2D eigenvalue weighted by molar-refractivity contribution is 6.32. The molecule has 4 rings (SSSR count). The van der Waals surface area contributed by atoms with E-state index in [4.69, 9.17) is 27.1 Å². The van der Waals surface area contributed by atoms with Gasteiger partial charge in [0.05, 0.1) is 12.2 Å². The first-order valence-corrected chi connectivity index (χ1v) is 11.4. The van der Waals surface area contributed by atoms with E-state index < -0.39 is 6.10 Å². The van der Waals surface area contributed by atoms with Crippen LogP contribution in [-0.2, 0) is 4.84 Å². The number of nitrogens with one attached hydrogen (secondary N) is 1. The normalized spacial score (nSPS) is 25.8. The second-order valence-corrected chi connectivity index (χ2v) is 8.92. The van der Waals surface area contributed by atoms with Crippen molar-refractivity contribution >= 4 is 11.6 Å². The molecule has 1 aliphatic heterocycles. The molecular formula is C25H31ClN2O3. The summed E-state index contributed by atoms with van der Waals surface area (Å²) in [5.41, 5.74) is 2.91. The molecule has 5 nitrogen and oxygen atoms in total. The zero-order valence-corrected chi connectivity index (χ0v) is 18.4. The van der Waals surface area contributed by atoms with Crippen LogP contribution in [0.15, 0.2) is 71.3 Å². The molecule has 0 saturated carbocycles. The van der Waals surface area contributed by atoms with Gasteiger partial charge in [0, 0.05) is 30.0 Å². The maximum Gasteiger partial charge on any atom is 0.123 e. The fraction of sp³-hybridized carbons (Fsp3) is 0.440. The Balaban J connectivity index is 1.64. The van der Waals surface area contributed by atoms with Gasteiger partial charge in [0.2, 0.25) is 0 Å². The van der Waals surface area contributed by atoms with E-state index in [1.807, 2.05) is 30.4 Å². The fourth-order valence-corrected chi connectivity index (χ4v) is 4.81. The maximum absolute atomic E-state index is 9.88. The number of halogens is 1. The van der Waals surface area contributed by atoms with E-state index in [-0.39, 0.29) is 24.0 Å². The second kappa shape index (κ2) is 10.2. The Bertz CT molecular complexity index is 873. The molecule has 4 N–H and O–H groups in total. The number of rotatable bonds is 8. The van der Waals surface area contributed by atoms with Crippen LogP contribution in [0, 0.1) is 5.92 Å². The molecule has 0 bridgehead atoms. The number of aliphatic hydroxyl groups excluding tert-OH is 1. The van der Waals surface area contributed by atoms with E-state index in [0.717, 1.165) is 59.8 Å². The summed E-state index contributed by atoms with van der Waals surface area (Å²) < 4.78 is 5.97. The standard InChI is InChI=1S/C25H31ClN2O3/c1-16(22-4-2-3-5-23(22)26)24(25(31-27)18-6-10-19(29)11-7-18)17-8-12-20(13-9-17)30-21-14-28-15-21/h4-6,8-10,12-13,18-19,21,24-25,28-29H,1-3,7,11,14-15,27H2/t18-,19+,24?,25?/m0/s1. The first-order chi connectivity index (χ1) is 15.1. The number of benzene rings is 1. The maximum atomic E-state index is 9.88. The number of aliphatic hydroxyl groups is 1. The van der Waals surface area contributed by atoms with Crippen molar-refractivity contribution in [3.05, 3.63) is 76.9 Å². The SMILES string of the molecule is C=C(C1=CCCC=C1Cl)C(c1ccc(OC2CNC2)cc1)C(ON)[C@H]1C=C[C@@H](O)CC1. The lowest BCUT2D eigenvalue weighted by Gasteiger charge is -2.35. The lowest BCUT2D eigenvalue weighted by atomic mass is 9.75. The molecule has 31 heavy (non-hydrogen) atoms. The number of hydrogen-bond donors (Lipinski definition) is 3. The van der Waals surface area contributed by atoms with Gasteiger partial charge >= 0.3 is 0 Å². The molecular weight excluding hydrogens is 412 g/mol. The summed E-state index contributed by atoms with van der Waals surface area (Å²) in [6.45, 7) is 6.19. The van der Waals surface area contributed by atoms with E-state index in [0.29, 0.717) is 6.42 Å². The van der Waals surface area contributed by atoms with Gasteiger partial charge in [-0.25, -0.2) is 5.90 Å². The lowest BCUT2D eigenvalue weighted by molar-refractivity contribution is 0.00552. The first-order valence-electron chi connectivity index (χ1n) is 11.0. The van der Waals surface area contributed by atoms with Gasteiger partial charge in [0.1, 0.15) is 11.9 Å². The molecule has 166 valence electrons. The Labute approximate surface area is 189 Å². The van der Waals surface area contributed by atoms with Crippen molar-refractivity contribution in [3.63, 3.8) is 0 Å². The highest BCUT2D eigenvalue weighted by atomic mass is 35.5. The third kappa shape index (κ3) is 5.13. The highest BCUT2D eigenvalue weighted by Crippen LogP contribution is 2.42. The van der Waals surface area contributed by atoms with Gasteiger partial charge in [-0.15, -0.1) is 0 Å². The summed E-state index contributed by atoms with van der Waals surface area (Å²) in [7, 11) is 0. The lowest BCUT2D eigenvalue weighted by Crippen LogP contribution is -2.50. The van der Waals surface area contributed by atoms with Crippen LogP contribution < -0.4 is 16.0 Å². The summed E-state index contributed by atoms with van der Waals surface area (Å²) in [4.78, 5) is 5.59. The van der Waals surface area contributed by atoms with Gasteiger partial charge in [0.15, 0.2) is 0 Å². The van der Waals surface area contributed by atoms with E-state index in [9.17, 15) is 5.11 Å². The van der Waals surface area contributed by atoms with Gasteiger partial charge < -0.3 is 15.2 Å². The van der Waals surface area contributed by atoms with Crippen LogP contribution in [0.1, 0.15) is 37.2 Å². The minimum absolute atomic E-state index is 0.0686. The first kappa shape index (κ1) is 22.3. The molecule has 1 fully saturated rings. The Kier molecular flexibility index (Phi) is 7.31. The van der Waals surface area contributed by atoms with Crippen LogP contribution in [0.2, 0.25) is 0 Å². The number of hydrogen-bond acceptors (Lipinski definition) is 5. The predicted molar refractivity (Wildman–Crippen MR) is 124 cm³/mol. The predicted octanol–water partition coefficient (Wildman–Crippen LogP) is 4.11. The van der Waals surface area contributed by atoms with Gasteiger partial charge in [-0.1, -0.05) is 54.6 Å². The molecule has 0 amide bonds. The Hall–Kier alpha value is -1.89. The molecule has 2 unspecified atom stereocenters. The monoisotopic (exact) mass is 442 g/mol. The molecule has 1 heterocycles. The minimum Gasteiger partial charge on any atom is -0.488 e. The van der Waals surface area contributed by atoms with Crippen molar-refractivity contribution < 1.29 is 14.7 Å². The molecule has 6 heteroatoms. The van der Waals surface area contributed by atoms with Crippen molar-refractivity contribution in [2.75, 3.05) is 13.1 Å². The molecule has 1 aromatic rings. The molecule has 4 atom stereocenters. The summed E-state index contributed by atoms with van der Waals surface area (Å²) in [5.74, 6) is 6.60. The van der Waals surface area contributed by atoms with Crippen molar-refractivity contribution in [1.29, 1.82) is 0 Å². The number of allylic oxidation sites excluding steroid dienone is 4. The summed E-state index contributed by atoms with van der Waals surface area (Å²) >= 11 is 6.55. The summed E-state index contributed by atoms with van der Waals surface area (Å²) in [6, 6.07) is 8.11. The molecule has 1 aromatic carbocycles. The second-order valence-electron chi connectivity index (χ2n) is 8.51. The number of ether oxygens (including phenoxy) is 1. The Morgan fingerprint density at radius 1 is 1.13 bits per heavy atom. The van der Waals surface area contributed by atoms with E-state index in [1.54, 1.807) is 0 Å². The van der Waals surface area contributed by atoms with E-state index in [2.05, 4.69) is 30.1 Å². The quantitative estimate of drug-likeness (QED) is 0.417. The Morgan fingerprint density at radius 3 is 2.45 bits per heavy atom. The van der Waals surface area contributed by atoms with Crippen molar-refractivity contribution in [3.8, 4) is 5.75 Å². The van der Waals surface area contributed by atoms with Gasteiger partial charge in [-0.2, -0.15) is 0 Å². The molecule has 1 saturated heterocycles. The fourth-order valence-electron chi connectivity index (χ4n) is 4.51. The summed E-state index contributed by atoms with van der Waals surface area (Å²) in [5, 5.41) is 13.8. The molecule has 0 spiro atoms.